The van der Waals surface area contributed by atoms with Crippen molar-refractivity contribution in [1.82, 2.24) is 5.43 Å². The highest BCUT2D eigenvalue weighted by atomic mass is 16.5. The van der Waals surface area contributed by atoms with Crippen molar-refractivity contribution < 1.29 is 9.53 Å². The predicted molar refractivity (Wildman–Crippen MR) is 88.6 cm³/mol. The van der Waals surface area contributed by atoms with E-state index in [0.717, 1.165) is 22.4 Å². The normalized spacial score (nSPS) is 11.2. The van der Waals surface area contributed by atoms with E-state index in [1.165, 1.54) is 0 Å². The predicted octanol–water partition coefficient (Wildman–Crippen LogP) is 3.47. The summed E-state index contributed by atoms with van der Waals surface area (Å²) in [6.45, 7) is 5.94. The number of ether oxygens (including phenoxy) is 1. The Balaban J connectivity index is 2.16. The molecule has 0 aliphatic carbocycles. The first kappa shape index (κ1) is 15.8. The van der Waals surface area contributed by atoms with Crippen LogP contribution in [0.3, 0.4) is 0 Å². The second-order valence-corrected chi connectivity index (χ2v) is 5.19. The number of benzene rings is 2. The van der Waals surface area contributed by atoms with Gasteiger partial charge in [0.1, 0.15) is 5.75 Å². The van der Waals surface area contributed by atoms with Crippen LogP contribution in [0.15, 0.2) is 47.6 Å². The fraction of sp³-hybridized carbons (Fsp3) is 0.222. The first-order valence-electron chi connectivity index (χ1n) is 7.07. The zero-order valence-electron chi connectivity index (χ0n) is 13.3. The molecule has 0 fully saturated rings. The molecule has 114 valence electrons. The lowest BCUT2D eigenvalue weighted by molar-refractivity contribution is 0.0954. The zero-order chi connectivity index (χ0) is 16.1. The maximum absolute atomic E-state index is 12.1. The van der Waals surface area contributed by atoms with Crippen molar-refractivity contribution in [3.63, 3.8) is 0 Å². The van der Waals surface area contributed by atoms with Gasteiger partial charge in [-0.05, 0) is 50.6 Å². The Hall–Kier alpha value is -2.62. The number of nitrogens with one attached hydrogen (secondary N) is 1. The van der Waals surface area contributed by atoms with E-state index in [4.69, 9.17) is 4.74 Å². The van der Waals surface area contributed by atoms with Crippen LogP contribution in [0.2, 0.25) is 0 Å². The minimum Gasteiger partial charge on any atom is -0.497 e. The number of rotatable bonds is 4. The van der Waals surface area contributed by atoms with Crippen molar-refractivity contribution in [3.8, 4) is 5.75 Å². The van der Waals surface area contributed by atoms with Crippen LogP contribution in [0, 0.1) is 13.8 Å². The van der Waals surface area contributed by atoms with E-state index >= 15 is 0 Å². The standard InChI is InChI=1S/C18H20N2O2/c1-12-8-9-13(2)17(10-12)14(3)19-20-18(21)15-6-5-7-16(11-15)22-4/h5-11H,1-4H3,(H,20,21)/b19-14-. The van der Waals surface area contributed by atoms with E-state index in [0.29, 0.717) is 11.3 Å². The van der Waals surface area contributed by atoms with Crippen LogP contribution in [0.25, 0.3) is 0 Å². The quantitative estimate of drug-likeness (QED) is 0.694. The van der Waals surface area contributed by atoms with Gasteiger partial charge in [0.05, 0.1) is 12.8 Å². The van der Waals surface area contributed by atoms with Crippen LogP contribution in [-0.2, 0) is 0 Å². The van der Waals surface area contributed by atoms with Crippen molar-refractivity contribution >= 4 is 11.6 Å². The largest absolute Gasteiger partial charge is 0.497 e. The van der Waals surface area contributed by atoms with Crippen LogP contribution >= 0.6 is 0 Å². The number of amides is 1. The highest BCUT2D eigenvalue weighted by Crippen LogP contribution is 2.13. The third kappa shape index (κ3) is 3.73. The van der Waals surface area contributed by atoms with Gasteiger partial charge in [0.15, 0.2) is 0 Å². The summed E-state index contributed by atoms with van der Waals surface area (Å²) < 4.78 is 5.11. The number of hydrazone groups is 1. The van der Waals surface area contributed by atoms with Crippen LogP contribution in [0.5, 0.6) is 5.75 Å². The summed E-state index contributed by atoms with van der Waals surface area (Å²) in [6.07, 6.45) is 0. The summed E-state index contributed by atoms with van der Waals surface area (Å²) in [5.41, 5.74) is 7.20. The Labute approximate surface area is 130 Å². The summed E-state index contributed by atoms with van der Waals surface area (Å²) >= 11 is 0. The molecule has 2 rings (SSSR count). The molecule has 0 atom stereocenters. The number of carbonyl (C=O) groups is 1. The number of aryl methyl sites for hydroxylation is 2. The highest BCUT2D eigenvalue weighted by Gasteiger charge is 2.07. The van der Waals surface area contributed by atoms with E-state index in [1.807, 2.05) is 26.8 Å². The fourth-order valence-electron chi connectivity index (χ4n) is 2.15. The van der Waals surface area contributed by atoms with Gasteiger partial charge in [0.25, 0.3) is 5.91 Å². The molecule has 2 aromatic rings. The van der Waals surface area contributed by atoms with Crippen molar-refractivity contribution in [2.45, 2.75) is 20.8 Å². The van der Waals surface area contributed by atoms with Gasteiger partial charge >= 0.3 is 0 Å². The fourth-order valence-corrected chi connectivity index (χ4v) is 2.15. The lowest BCUT2D eigenvalue weighted by Crippen LogP contribution is -2.19. The molecule has 0 aliphatic heterocycles. The zero-order valence-corrected chi connectivity index (χ0v) is 13.3. The average molecular weight is 296 g/mol. The summed E-state index contributed by atoms with van der Waals surface area (Å²) in [6, 6.07) is 13.1. The van der Waals surface area contributed by atoms with Crippen LogP contribution in [0.1, 0.15) is 34.0 Å². The van der Waals surface area contributed by atoms with Gasteiger partial charge < -0.3 is 4.74 Å². The van der Waals surface area contributed by atoms with Crippen molar-refractivity contribution in [2.75, 3.05) is 7.11 Å². The Morgan fingerprint density at radius 2 is 1.91 bits per heavy atom. The van der Waals surface area contributed by atoms with Crippen molar-refractivity contribution in [1.29, 1.82) is 0 Å². The van der Waals surface area contributed by atoms with Gasteiger partial charge in [-0.1, -0.05) is 23.8 Å². The minimum absolute atomic E-state index is 0.261. The Kier molecular flexibility index (Phi) is 4.94. The number of carbonyl (C=O) groups excluding carboxylic acids is 1. The molecular weight excluding hydrogens is 276 g/mol. The molecule has 0 bridgehead atoms. The first-order valence-corrected chi connectivity index (χ1v) is 7.07. The number of nitrogens with zero attached hydrogens (tertiary/aromatic N) is 1. The summed E-state index contributed by atoms with van der Waals surface area (Å²) in [5, 5.41) is 4.20. The van der Waals surface area contributed by atoms with Crippen molar-refractivity contribution in [3.05, 3.63) is 64.7 Å². The monoisotopic (exact) mass is 296 g/mol. The topological polar surface area (TPSA) is 50.7 Å². The number of methoxy groups -OCH3 is 1. The summed E-state index contributed by atoms with van der Waals surface area (Å²) in [4.78, 5) is 12.1. The van der Waals surface area contributed by atoms with E-state index in [9.17, 15) is 4.79 Å². The average Bonchev–Trinajstić information content (AvgIpc) is 2.54. The van der Waals surface area contributed by atoms with E-state index in [2.05, 4.69) is 22.7 Å². The Bertz CT molecular complexity index is 721. The first-order chi connectivity index (χ1) is 10.5. The van der Waals surface area contributed by atoms with Gasteiger partial charge in [0.2, 0.25) is 0 Å². The molecule has 0 heterocycles. The lowest BCUT2D eigenvalue weighted by Gasteiger charge is -2.08. The molecular formula is C18H20N2O2. The molecule has 1 amide bonds. The summed E-state index contributed by atoms with van der Waals surface area (Å²) in [7, 11) is 1.57. The van der Waals surface area contributed by atoms with Gasteiger partial charge in [-0.3, -0.25) is 4.79 Å². The Morgan fingerprint density at radius 1 is 1.14 bits per heavy atom. The molecule has 0 saturated heterocycles. The molecule has 0 aliphatic rings. The number of hydrogen-bond donors (Lipinski definition) is 1. The number of hydrogen-bond acceptors (Lipinski definition) is 3. The van der Waals surface area contributed by atoms with Gasteiger partial charge in [-0.25, -0.2) is 5.43 Å². The Morgan fingerprint density at radius 3 is 2.64 bits per heavy atom. The van der Waals surface area contributed by atoms with E-state index in [1.54, 1.807) is 31.4 Å². The van der Waals surface area contributed by atoms with Crippen LogP contribution in [-0.4, -0.2) is 18.7 Å². The molecule has 2 aromatic carbocycles. The van der Waals surface area contributed by atoms with E-state index < -0.39 is 0 Å². The van der Waals surface area contributed by atoms with Gasteiger partial charge in [-0.15, -0.1) is 0 Å². The highest BCUT2D eigenvalue weighted by molar-refractivity contribution is 6.02. The third-order valence-corrected chi connectivity index (χ3v) is 3.44. The molecule has 0 aromatic heterocycles. The second-order valence-electron chi connectivity index (χ2n) is 5.19. The molecule has 0 unspecified atom stereocenters. The van der Waals surface area contributed by atoms with Crippen LogP contribution in [0.4, 0.5) is 0 Å². The second kappa shape index (κ2) is 6.89. The molecule has 0 spiro atoms. The maximum atomic E-state index is 12.1. The van der Waals surface area contributed by atoms with E-state index in [-0.39, 0.29) is 5.91 Å². The molecule has 0 saturated carbocycles. The molecule has 4 nitrogen and oxygen atoms in total. The smallest absolute Gasteiger partial charge is 0.271 e. The van der Waals surface area contributed by atoms with Gasteiger partial charge in [0, 0.05) is 11.1 Å². The minimum atomic E-state index is -0.261. The molecule has 0 radical (unpaired) electrons. The molecule has 1 N–H and O–H groups in total. The third-order valence-electron chi connectivity index (χ3n) is 3.44. The molecule has 22 heavy (non-hydrogen) atoms. The SMILES string of the molecule is COc1cccc(C(=O)N/N=C(/C)c2cc(C)ccc2C)c1. The molecule has 4 heteroatoms. The van der Waals surface area contributed by atoms with Gasteiger partial charge in [-0.2, -0.15) is 5.10 Å². The lowest BCUT2D eigenvalue weighted by atomic mass is 10.0. The maximum Gasteiger partial charge on any atom is 0.271 e. The van der Waals surface area contributed by atoms with Crippen LogP contribution < -0.4 is 10.2 Å². The van der Waals surface area contributed by atoms with Crippen molar-refractivity contribution in [2.24, 2.45) is 5.10 Å². The summed E-state index contributed by atoms with van der Waals surface area (Å²) in [5.74, 6) is 0.381.